The monoisotopic (exact) mass is 422 g/mol. The number of unbranched alkanes of at least 4 members (excludes halogenated alkanes) is 1. The molecule has 0 radical (unpaired) electrons. The average molecular weight is 423 g/mol. The molecular weight excluding hydrogens is 392 g/mol. The zero-order chi connectivity index (χ0) is 22.4. The third-order valence-electron chi connectivity index (χ3n) is 5.32. The molecule has 1 aliphatic rings. The Bertz CT molecular complexity index is 953. The van der Waals surface area contributed by atoms with E-state index in [2.05, 4.69) is 6.92 Å². The molecule has 6 heteroatoms. The topological polar surface area (TPSA) is 70.1 Å². The summed E-state index contributed by atoms with van der Waals surface area (Å²) in [5, 5.41) is 11.1. The first-order valence-electron chi connectivity index (χ1n) is 10.6. The fourth-order valence-corrected chi connectivity index (χ4v) is 3.62. The van der Waals surface area contributed by atoms with Crippen LogP contribution in [0.15, 0.2) is 60.2 Å². The van der Waals surface area contributed by atoms with E-state index in [1.807, 2.05) is 55.4 Å². The lowest BCUT2D eigenvalue weighted by molar-refractivity contribution is -0.140. The minimum absolute atomic E-state index is 0.112. The molecule has 0 spiro atoms. The second-order valence-corrected chi connectivity index (χ2v) is 7.94. The number of Topliss-reactive ketones (excluding diaryl/α,β-unsaturated/α-hetero) is 1. The maximum Gasteiger partial charge on any atom is 0.295 e. The fraction of sp³-hybridized carbons (Fsp3) is 0.360. The van der Waals surface area contributed by atoms with Gasteiger partial charge in [0.1, 0.15) is 11.5 Å². The van der Waals surface area contributed by atoms with E-state index in [4.69, 9.17) is 4.74 Å². The van der Waals surface area contributed by atoms with Gasteiger partial charge in [-0.1, -0.05) is 55.8 Å². The van der Waals surface area contributed by atoms with Crippen LogP contribution < -0.4 is 4.74 Å². The van der Waals surface area contributed by atoms with E-state index in [1.54, 1.807) is 23.1 Å². The Hall–Kier alpha value is -3.12. The van der Waals surface area contributed by atoms with Crippen molar-refractivity contribution in [3.05, 3.63) is 71.3 Å². The Morgan fingerprint density at radius 3 is 2.52 bits per heavy atom. The molecule has 1 fully saturated rings. The van der Waals surface area contributed by atoms with Gasteiger partial charge >= 0.3 is 0 Å². The predicted octanol–water partition coefficient (Wildman–Crippen LogP) is 3.85. The van der Waals surface area contributed by atoms with Crippen molar-refractivity contribution < 1.29 is 19.4 Å². The molecule has 0 aliphatic carbocycles. The van der Waals surface area contributed by atoms with Crippen LogP contribution in [0.5, 0.6) is 5.75 Å². The number of benzene rings is 2. The Balaban J connectivity index is 2.03. The highest BCUT2D eigenvalue weighted by Gasteiger charge is 2.45. The van der Waals surface area contributed by atoms with Gasteiger partial charge in [-0.15, -0.1) is 0 Å². The van der Waals surface area contributed by atoms with E-state index in [-0.39, 0.29) is 11.3 Å². The number of nitrogens with zero attached hydrogens (tertiary/aromatic N) is 2. The number of ketones is 1. The summed E-state index contributed by atoms with van der Waals surface area (Å²) in [6, 6.07) is 15.7. The number of carbonyl (C=O) groups excluding carboxylic acids is 2. The zero-order valence-corrected chi connectivity index (χ0v) is 18.4. The van der Waals surface area contributed by atoms with Crippen LogP contribution in [0.4, 0.5) is 0 Å². The molecule has 1 heterocycles. The lowest BCUT2D eigenvalue weighted by Gasteiger charge is -2.26. The highest BCUT2D eigenvalue weighted by molar-refractivity contribution is 6.46. The number of likely N-dealkylation sites (tertiary alicyclic amines) is 1. The fourth-order valence-electron chi connectivity index (χ4n) is 3.62. The summed E-state index contributed by atoms with van der Waals surface area (Å²) >= 11 is 0. The standard InChI is InChI=1S/C25H30N2O4/c1-4-5-16-31-20-13-9-12-19(17-20)23(28)21-22(18-10-7-6-8-11-18)27(15-14-26(2)3)25(30)24(21)29/h6-13,17,22,28H,4-5,14-16H2,1-3H3. The van der Waals surface area contributed by atoms with Crippen molar-refractivity contribution in [1.82, 2.24) is 9.80 Å². The van der Waals surface area contributed by atoms with Gasteiger partial charge in [0.2, 0.25) is 0 Å². The van der Waals surface area contributed by atoms with Crippen molar-refractivity contribution in [2.24, 2.45) is 0 Å². The maximum atomic E-state index is 13.0. The van der Waals surface area contributed by atoms with Gasteiger partial charge < -0.3 is 19.6 Å². The second-order valence-electron chi connectivity index (χ2n) is 7.94. The van der Waals surface area contributed by atoms with Crippen LogP contribution in [0, 0.1) is 0 Å². The lowest BCUT2D eigenvalue weighted by atomic mass is 9.95. The van der Waals surface area contributed by atoms with Gasteiger partial charge in [-0.2, -0.15) is 0 Å². The van der Waals surface area contributed by atoms with Crippen LogP contribution in [-0.2, 0) is 9.59 Å². The van der Waals surface area contributed by atoms with Crippen molar-refractivity contribution in [2.45, 2.75) is 25.8 Å². The van der Waals surface area contributed by atoms with E-state index >= 15 is 0 Å². The Morgan fingerprint density at radius 2 is 1.84 bits per heavy atom. The molecule has 31 heavy (non-hydrogen) atoms. The SMILES string of the molecule is CCCCOc1cccc(C(O)=C2C(=O)C(=O)N(CCN(C)C)C2c2ccccc2)c1. The van der Waals surface area contributed by atoms with Crippen molar-refractivity contribution in [1.29, 1.82) is 0 Å². The van der Waals surface area contributed by atoms with E-state index < -0.39 is 17.7 Å². The number of rotatable bonds is 9. The summed E-state index contributed by atoms with van der Waals surface area (Å²) < 4.78 is 5.74. The van der Waals surface area contributed by atoms with E-state index in [0.717, 1.165) is 18.4 Å². The molecule has 0 saturated carbocycles. The lowest BCUT2D eigenvalue weighted by Crippen LogP contribution is -2.35. The molecule has 1 atom stereocenters. The van der Waals surface area contributed by atoms with Crippen LogP contribution in [0.25, 0.3) is 5.76 Å². The van der Waals surface area contributed by atoms with Gasteiger partial charge in [-0.25, -0.2) is 0 Å². The minimum Gasteiger partial charge on any atom is -0.507 e. The average Bonchev–Trinajstić information content (AvgIpc) is 3.03. The number of aliphatic hydroxyl groups is 1. The Morgan fingerprint density at radius 1 is 1.10 bits per heavy atom. The number of amides is 1. The van der Waals surface area contributed by atoms with Crippen LogP contribution >= 0.6 is 0 Å². The number of carbonyl (C=O) groups is 2. The van der Waals surface area contributed by atoms with Crippen molar-refractivity contribution in [3.8, 4) is 5.75 Å². The molecule has 0 aromatic heterocycles. The highest BCUT2D eigenvalue weighted by atomic mass is 16.5. The summed E-state index contributed by atoms with van der Waals surface area (Å²) in [5.74, 6) is -0.814. The van der Waals surface area contributed by atoms with Crippen LogP contribution in [0.3, 0.4) is 0 Å². The van der Waals surface area contributed by atoms with Gasteiger partial charge in [0.15, 0.2) is 0 Å². The predicted molar refractivity (Wildman–Crippen MR) is 121 cm³/mol. The number of hydrogen-bond acceptors (Lipinski definition) is 5. The van der Waals surface area contributed by atoms with Crippen molar-refractivity contribution in [3.63, 3.8) is 0 Å². The smallest absolute Gasteiger partial charge is 0.295 e. The van der Waals surface area contributed by atoms with Crippen molar-refractivity contribution in [2.75, 3.05) is 33.8 Å². The van der Waals surface area contributed by atoms with Crippen LogP contribution in [0.1, 0.15) is 36.9 Å². The highest BCUT2D eigenvalue weighted by Crippen LogP contribution is 2.39. The normalized spacial score (nSPS) is 18.1. The quantitative estimate of drug-likeness (QED) is 0.288. The summed E-state index contributed by atoms with van der Waals surface area (Å²) in [6.45, 7) is 3.66. The number of ether oxygens (including phenoxy) is 1. The number of likely N-dealkylation sites (N-methyl/N-ethyl adjacent to an activating group) is 1. The van der Waals surface area contributed by atoms with Gasteiger partial charge in [0, 0.05) is 18.7 Å². The van der Waals surface area contributed by atoms with Gasteiger partial charge in [-0.05, 0) is 38.2 Å². The molecule has 1 aliphatic heterocycles. The molecule has 6 nitrogen and oxygen atoms in total. The summed E-state index contributed by atoms with van der Waals surface area (Å²) in [7, 11) is 3.83. The van der Waals surface area contributed by atoms with E-state index in [1.165, 1.54) is 0 Å². The molecule has 1 N–H and O–H groups in total. The molecule has 164 valence electrons. The third-order valence-corrected chi connectivity index (χ3v) is 5.32. The summed E-state index contributed by atoms with van der Waals surface area (Å²) in [6.07, 6.45) is 1.95. The van der Waals surface area contributed by atoms with Crippen molar-refractivity contribution >= 4 is 17.4 Å². The first-order valence-corrected chi connectivity index (χ1v) is 10.6. The Labute approximate surface area is 183 Å². The largest absolute Gasteiger partial charge is 0.507 e. The van der Waals surface area contributed by atoms with Gasteiger partial charge in [0.25, 0.3) is 11.7 Å². The molecular formula is C25H30N2O4. The number of hydrogen-bond donors (Lipinski definition) is 1. The van der Waals surface area contributed by atoms with Gasteiger partial charge in [-0.3, -0.25) is 9.59 Å². The van der Waals surface area contributed by atoms with E-state index in [0.29, 0.717) is 31.0 Å². The molecule has 1 unspecified atom stereocenters. The first kappa shape index (κ1) is 22.6. The molecule has 3 rings (SSSR count). The minimum atomic E-state index is -0.664. The molecule has 1 saturated heterocycles. The molecule has 0 bridgehead atoms. The van der Waals surface area contributed by atoms with Crippen LogP contribution in [0.2, 0.25) is 0 Å². The summed E-state index contributed by atoms with van der Waals surface area (Å²) in [5.41, 5.74) is 1.36. The van der Waals surface area contributed by atoms with Crippen LogP contribution in [-0.4, -0.2) is 60.4 Å². The molecule has 2 aromatic rings. The van der Waals surface area contributed by atoms with E-state index in [9.17, 15) is 14.7 Å². The Kier molecular flexibility index (Phi) is 7.47. The van der Waals surface area contributed by atoms with Gasteiger partial charge in [0.05, 0.1) is 18.2 Å². The maximum absolute atomic E-state index is 13.0. The first-order chi connectivity index (χ1) is 14.9. The molecule has 2 aromatic carbocycles. The number of aliphatic hydroxyl groups excluding tert-OH is 1. The molecule has 1 amide bonds. The second kappa shape index (κ2) is 10.3. The summed E-state index contributed by atoms with van der Waals surface area (Å²) in [4.78, 5) is 29.4. The zero-order valence-electron chi connectivity index (χ0n) is 18.4. The third kappa shape index (κ3) is 5.14.